The molecule has 1 aromatic heterocycles. The monoisotopic (exact) mass is 283 g/mol. The fourth-order valence-electron chi connectivity index (χ4n) is 2.30. The van der Waals surface area contributed by atoms with Crippen LogP contribution in [0.3, 0.4) is 0 Å². The van der Waals surface area contributed by atoms with Crippen molar-refractivity contribution in [3.63, 3.8) is 0 Å². The van der Waals surface area contributed by atoms with Crippen molar-refractivity contribution in [1.82, 2.24) is 5.16 Å². The minimum atomic E-state index is -0.159. The Morgan fingerprint density at radius 3 is 2.50 bits per heavy atom. The summed E-state index contributed by atoms with van der Waals surface area (Å²) in [5.41, 5.74) is 2.13. The quantitative estimate of drug-likeness (QED) is 0.514. The number of ether oxygens (including phenoxy) is 2. The Bertz CT molecular complexity index is 414. The van der Waals surface area contributed by atoms with Crippen LogP contribution >= 0.6 is 0 Å². The summed E-state index contributed by atoms with van der Waals surface area (Å²) < 4.78 is 15.0. The zero-order valence-corrected chi connectivity index (χ0v) is 12.9. The molecule has 0 amide bonds. The summed E-state index contributed by atoms with van der Waals surface area (Å²) in [6.07, 6.45) is 4.13. The van der Waals surface area contributed by atoms with E-state index in [1.165, 1.54) is 7.11 Å². The highest BCUT2D eigenvalue weighted by atomic mass is 16.5. The molecule has 0 aliphatic rings. The maximum atomic E-state index is 11.2. The van der Waals surface area contributed by atoms with Crippen molar-refractivity contribution in [3.05, 3.63) is 17.0 Å². The van der Waals surface area contributed by atoms with E-state index in [1.807, 2.05) is 13.8 Å². The van der Waals surface area contributed by atoms with Crippen LogP contribution in [0.25, 0.3) is 0 Å². The van der Waals surface area contributed by atoms with Crippen molar-refractivity contribution < 1.29 is 18.8 Å². The summed E-state index contributed by atoms with van der Waals surface area (Å²) in [6.45, 7) is 4.70. The molecule has 0 saturated carbocycles. The van der Waals surface area contributed by atoms with E-state index in [-0.39, 0.29) is 5.97 Å². The summed E-state index contributed by atoms with van der Waals surface area (Å²) in [4.78, 5) is 11.2. The second-order valence-electron chi connectivity index (χ2n) is 5.05. The number of nitrogens with zero attached hydrogens (tertiary/aromatic N) is 1. The van der Waals surface area contributed by atoms with Crippen LogP contribution in [0.5, 0.6) is 0 Å². The molecule has 0 fully saturated rings. The van der Waals surface area contributed by atoms with Gasteiger partial charge in [-0.05, 0) is 39.5 Å². The molecule has 114 valence electrons. The molecule has 0 saturated heterocycles. The summed E-state index contributed by atoms with van der Waals surface area (Å²) in [6, 6.07) is 0. The summed E-state index contributed by atoms with van der Waals surface area (Å²) in [5.74, 6) is 1.02. The number of aromatic nitrogens is 1. The first kappa shape index (κ1) is 16.7. The lowest BCUT2D eigenvalue weighted by molar-refractivity contribution is -0.140. The predicted molar refractivity (Wildman–Crippen MR) is 75.7 cm³/mol. The van der Waals surface area contributed by atoms with Crippen LogP contribution in [0.15, 0.2) is 4.52 Å². The molecule has 20 heavy (non-hydrogen) atoms. The first-order valence-electron chi connectivity index (χ1n) is 7.08. The van der Waals surface area contributed by atoms with Crippen LogP contribution in [-0.4, -0.2) is 32.0 Å². The first-order chi connectivity index (χ1) is 9.60. The number of carbonyl (C=O) groups is 1. The van der Waals surface area contributed by atoms with E-state index in [9.17, 15) is 4.79 Å². The molecule has 1 heterocycles. The van der Waals surface area contributed by atoms with Crippen LogP contribution in [-0.2, 0) is 14.3 Å². The maximum Gasteiger partial charge on any atom is 0.305 e. The smallest absolute Gasteiger partial charge is 0.305 e. The highest BCUT2D eigenvalue weighted by Gasteiger charge is 2.19. The molecule has 1 unspecified atom stereocenters. The SMILES string of the molecule is COCCCC(CCCC(=O)OC)c1noc(C)c1C. The van der Waals surface area contributed by atoms with E-state index < -0.39 is 0 Å². The van der Waals surface area contributed by atoms with Crippen molar-refractivity contribution in [3.8, 4) is 0 Å². The lowest BCUT2D eigenvalue weighted by atomic mass is 9.91. The molecule has 0 aliphatic carbocycles. The number of hydrogen-bond acceptors (Lipinski definition) is 5. The third-order valence-electron chi connectivity index (χ3n) is 3.64. The van der Waals surface area contributed by atoms with Gasteiger partial charge in [0, 0.05) is 31.6 Å². The molecule has 0 bridgehead atoms. The predicted octanol–water partition coefficient (Wildman–Crippen LogP) is 3.14. The molecule has 0 spiro atoms. The number of esters is 1. The molecular formula is C15H25NO4. The number of hydrogen-bond donors (Lipinski definition) is 0. The number of rotatable bonds is 9. The van der Waals surface area contributed by atoms with Crippen molar-refractivity contribution in [2.75, 3.05) is 20.8 Å². The molecule has 0 N–H and O–H groups in total. The number of aryl methyl sites for hydroxylation is 1. The third kappa shape index (κ3) is 4.96. The zero-order valence-electron chi connectivity index (χ0n) is 12.9. The normalized spacial score (nSPS) is 12.4. The van der Waals surface area contributed by atoms with E-state index in [0.717, 1.165) is 49.3 Å². The van der Waals surface area contributed by atoms with Gasteiger partial charge >= 0.3 is 5.97 Å². The Morgan fingerprint density at radius 2 is 1.95 bits per heavy atom. The Morgan fingerprint density at radius 1 is 1.25 bits per heavy atom. The van der Waals surface area contributed by atoms with Gasteiger partial charge in [0.25, 0.3) is 0 Å². The first-order valence-corrected chi connectivity index (χ1v) is 7.08. The molecule has 0 aliphatic heterocycles. The second kappa shape index (κ2) is 8.74. The van der Waals surface area contributed by atoms with Gasteiger partial charge in [0.05, 0.1) is 12.8 Å². The fourth-order valence-corrected chi connectivity index (χ4v) is 2.30. The Kier molecular flexibility index (Phi) is 7.30. The van der Waals surface area contributed by atoms with Crippen LogP contribution in [0.1, 0.15) is 55.0 Å². The Balaban J connectivity index is 2.60. The average molecular weight is 283 g/mol. The molecule has 0 aromatic carbocycles. The van der Waals surface area contributed by atoms with Crippen molar-refractivity contribution in [1.29, 1.82) is 0 Å². The topological polar surface area (TPSA) is 61.6 Å². The van der Waals surface area contributed by atoms with Crippen LogP contribution in [0.4, 0.5) is 0 Å². The zero-order chi connectivity index (χ0) is 15.0. The van der Waals surface area contributed by atoms with Gasteiger partial charge in [-0.1, -0.05) is 5.16 Å². The van der Waals surface area contributed by atoms with Crippen LogP contribution < -0.4 is 0 Å². The van der Waals surface area contributed by atoms with Gasteiger partial charge in [0.1, 0.15) is 5.76 Å². The van der Waals surface area contributed by atoms with E-state index in [2.05, 4.69) is 9.89 Å². The molecule has 5 heteroatoms. The molecule has 5 nitrogen and oxygen atoms in total. The van der Waals surface area contributed by atoms with E-state index >= 15 is 0 Å². The summed E-state index contributed by atoms with van der Waals surface area (Å²) in [5, 5.41) is 4.18. The molecule has 1 rings (SSSR count). The Labute approximate surface area is 120 Å². The van der Waals surface area contributed by atoms with Gasteiger partial charge in [-0.2, -0.15) is 0 Å². The van der Waals surface area contributed by atoms with E-state index in [4.69, 9.17) is 9.26 Å². The van der Waals surface area contributed by atoms with Crippen molar-refractivity contribution in [2.24, 2.45) is 0 Å². The van der Waals surface area contributed by atoms with Crippen LogP contribution in [0, 0.1) is 13.8 Å². The second-order valence-corrected chi connectivity index (χ2v) is 5.05. The van der Waals surface area contributed by atoms with E-state index in [0.29, 0.717) is 12.3 Å². The molecule has 1 atom stereocenters. The number of carbonyl (C=O) groups excluding carboxylic acids is 1. The fraction of sp³-hybridized carbons (Fsp3) is 0.733. The van der Waals surface area contributed by atoms with Gasteiger partial charge in [0.15, 0.2) is 0 Å². The van der Waals surface area contributed by atoms with Crippen LogP contribution in [0.2, 0.25) is 0 Å². The largest absolute Gasteiger partial charge is 0.469 e. The van der Waals surface area contributed by atoms with Gasteiger partial charge in [-0.15, -0.1) is 0 Å². The average Bonchev–Trinajstić information content (AvgIpc) is 2.77. The number of methoxy groups -OCH3 is 2. The van der Waals surface area contributed by atoms with Crippen molar-refractivity contribution >= 4 is 5.97 Å². The van der Waals surface area contributed by atoms with Crippen molar-refractivity contribution in [2.45, 2.75) is 51.9 Å². The lowest BCUT2D eigenvalue weighted by Crippen LogP contribution is -2.06. The minimum absolute atomic E-state index is 0.159. The highest BCUT2D eigenvalue weighted by molar-refractivity contribution is 5.69. The summed E-state index contributed by atoms with van der Waals surface area (Å²) >= 11 is 0. The van der Waals surface area contributed by atoms with Gasteiger partial charge < -0.3 is 14.0 Å². The van der Waals surface area contributed by atoms with Gasteiger partial charge in [-0.3, -0.25) is 4.79 Å². The highest BCUT2D eigenvalue weighted by Crippen LogP contribution is 2.29. The standard InChI is InChI=1S/C15H25NO4/c1-11-12(2)20-16-15(11)13(8-6-10-18-3)7-5-9-14(17)19-4/h13H,5-10H2,1-4H3. The third-order valence-corrected chi connectivity index (χ3v) is 3.64. The Hall–Kier alpha value is -1.36. The molecule has 0 radical (unpaired) electrons. The van der Waals surface area contributed by atoms with E-state index in [1.54, 1.807) is 7.11 Å². The van der Waals surface area contributed by atoms with Gasteiger partial charge in [-0.25, -0.2) is 0 Å². The maximum absolute atomic E-state index is 11.2. The molecule has 1 aromatic rings. The minimum Gasteiger partial charge on any atom is -0.469 e. The van der Waals surface area contributed by atoms with Gasteiger partial charge in [0.2, 0.25) is 0 Å². The lowest BCUT2D eigenvalue weighted by Gasteiger charge is -2.14. The molecular weight excluding hydrogens is 258 g/mol. The summed E-state index contributed by atoms with van der Waals surface area (Å²) in [7, 11) is 3.13.